The summed E-state index contributed by atoms with van der Waals surface area (Å²) in [5.74, 6) is 0.0310. The Bertz CT molecular complexity index is 2980. The van der Waals surface area contributed by atoms with E-state index < -0.39 is 35.0 Å². The minimum atomic E-state index is -5.06. The average molecular weight is 826 g/mol. The molecule has 0 saturated heterocycles. The van der Waals surface area contributed by atoms with Crippen LogP contribution in [0.2, 0.25) is 0 Å². The zero-order valence-electron chi connectivity index (χ0n) is 33.7. The lowest BCUT2D eigenvalue weighted by Gasteiger charge is -2.38. The largest absolute Gasteiger partial charge is 0.456 e. The summed E-state index contributed by atoms with van der Waals surface area (Å²) in [6.45, 7) is 11.5. The van der Waals surface area contributed by atoms with Crippen molar-refractivity contribution in [1.29, 1.82) is 0 Å². The summed E-state index contributed by atoms with van der Waals surface area (Å²) < 4.78 is 98.5. The van der Waals surface area contributed by atoms with E-state index >= 15 is 0 Å². The van der Waals surface area contributed by atoms with Gasteiger partial charge in [-0.05, 0) is 120 Å². The van der Waals surface area contributed by atoms with Crippen LogP contribution in [-0.4, -0.2) is 12.5 Å². The second-order valence-electron chi connectivity index (χ2n) is 17.0. The van der Waals surface area contributed by atoms with E-state index in [1.54, 1.807) is 48.5 Å². The van der Waals surface area contributed by atoms with Gasteiger partial charge in [-0.2, -0.15) is 26.3 Å². The Morgan fingerprint density at radius 1 is 0.607 bits per heavy atom. The van der Waals surface area contributed by atoms with Gasteiger partial charge in [0.2, 0.25) is 0 Å². The van der Waals surface area contributed by atoms with Crippen molar-refractivity contribution in [3.05, 3.63) is 177 Å². The number of carbonyl (C=O) groups excluding carboxylic acids is 1. The predicted octanol–water partition coefficient (Wildman–Crippen LogP) is 14.1. The first-order valence-electron chi connectivity index (χ1n) is 19.9. The van der Waals surface area contributed by atoms with Gasteiger partial charge in [0.15, 0.2) is 5.60 Å². The van der Waals surface area contributed by atoms with E-state index in [4.69, 9.17) is 9.47 Å². The van der Waals surface area contributed by atoms with Crippen molar-refractivity contribution in [2.45, 2.75) is 58.0 Å². The molecule has 1 spiro atoms. The van der Waals surface area contributed by atoms with Crippen LogP contribution in [0.3, 0.4) is 0 Å². The van der Waals surface area contributed by atoms with E-state index in [-0.39, 0.29) is 39.5 Å². The second-order valence-corrected chi connectivity index (χ2v) is 17.0. The van der Waals surface area contributed by atoms with Gasteiger partial charge in [0.1, 0.15) is 11.5 Å². The van der Waals surface area contributed by atoms with Crippen LogP contribution in [0.1, 0.15) is 74.3 Å². The molecular formula is C51H37F6NO3. The highest BCUT2D eigenvalue weighted by Crippen LogP contribution is 2.60. The van der Waals surface area contributed by atoms with Crippen LogP contribution < -0.4 is 9.64 Å². The number of rotatable bonds is 3. The van der Waals surface area contributed by atoms with Gasteiger partial charge in [0, 0.05) is 51.5 Å². The zero-order valence-corrected chi connectivity index (χ0v) is 33.7. The SMILES string of the molecule is Cc1cc(C)c(-c2ccc3c(c2)C(C)(C)CN3c2ccc3c(c2)Oc2c(cc(-c4cc(C(F)(F)F)cc(C(F)(F)F)c4)c4ccccc24)C32OC(=O)c3ccccc32)c(C)c1. The van der Waals surface area contributed by atoms with Crippen molar-refractivity contribution in [2.75, 3.05) is 11.4 Å². The van der Waals surface area contributed by atoms with Gasteiger partial charge in [0.25, 0.3) is 0 Å². The van der Waals surface area contributed by atoms with E-state index in [1.165, 1.54) is 33.9 Å². The molecule has 10 rings (SSSR count). The quantitative estimate of drug-likeness (QED) is 0.131. The molecule has 0 aliphatic carbocycles. The number of hydrogen-bond acceptors (Lipinski definition) is 4. The van der Waals surface area contributed by atoms with Crippen molar-refractivity contribution in [2.24, 2.45) is 0 Å². The molecule has 0 amide bonds. The van der Waals surface area contributed by atoms with Gasteiger partial charge >= 0.3 is 18.3 Å². The number of carbonyl (C=O) groups is 1. The normalized spacial score (nSPS) is 17.5. The number of nitrogens with zero attached hydrogens (tertiary/aromatic N) is 1. The Balaban J connectivity index is 1.17. The van der Waals surface area contributed by atoms with E-state index in [9.17, 15) is 31.1 Å². The number of benzene rings is 7. The van der Waals surface area contributed by atoms with Crippen molar-refractivity contribution >= 4 is 28.1 Å². The number of aryl methyl sites for hydroxylation is 3. The molecule has 1 unspecified atom stereocenters. The van der Waals surface area contributed by atoms with Crippen molar-refractivity contribution in [3.8, 4) is 33.8 Å². The fraction of sp³-hybridized carbons (Fsp3) is 0.196. The maximum Gasteiger partial charge on any atom is 0.416 e. The summed E-state index contributed by atoms with van der Waals surface area (Å²) >= 11 is 0. The molecule has 3 aliphatic heterocycles. The molecule has 1 atom stereocenters. The molecule has 0 N–H and O–H groups in total. The first kappa shape index (κ1) is 38.6. The minimum Gasteiger partial charge on any atom is -0.456 e. The topological polar surface area (TPSA) is 38.8 Å². The third-order valence-corrected chi connectivity index (χ3v) is 12.4. The van der Waals surface area contributed by atoms with Gasteiger partial charge in [-0.3, -0.25) is 0 Å². The summed E-state index contributed by atoms with van der Waals surface area (Å²) in [5, 5.41) is 0.768. The Kier molecular flexibility index (Phi) is 8.22. The van der Waals surface area contributed by atoms with Crippen molar-refractivity contribution in [3.63, 3.8) is 0 Å². The van der Waals surface area contributed by atoms with Crippen LogP contribution in [-0.2, 0) is 28.1 Å². The summed E-state index contributed by atoms with van der Waals surface area (Å²) in [5.41, 5.74) is 5.50. The predicted molar refractivity (Wildman–Crippen MR) is 224 cm³/mol. The van der Waals surface area contributed by atoms with Crippen molar-refractivity contribution < 1.29 is 40.6 Å². The van der Waals surface area contributed by atoms with Gasteiger partial charge in [-0.15, -0.1) is 0 Å². The number of alkyl halides is 6. The molecule has 61 heavy (non-hydrogen) atoms. The highest BCUT2D eigenvalue weighted by Gasteiger charge is 2.54. The highest BCUT2D eigenvalue weighted by molar-refractivity contribution is 6.04. The van der Waals surface area contributed by atoms with Gasteiger partial charge in [-0.25, -0.2) is 4.79 Å². The molecule has 3 heterocycles. The molecule has 7 aromatic rings. The Hall–Kier alpha value is -6.55. The minimum absolute atomic E-state index is 0.0840. The fourth-order valence-electron chi connectivity index (χ4n) is 9.90. The molecule has 0 saturated carbocycles. The smallest absolute Gasteiger partial charge is 0.416 e. The Labute approximate surface area is 348 Å². The van der Waals surface area contributed by atoms with Crippen LogP contribution in [0.15, 0.2) is 121 Å². The molecule has 10 heteroatoms. The van der Waals surface area contributed by atoms with Gasteiger partial charge in [0.05, 0.1) is 16.7 Å². The van der Waals surface area contributed by atoms with Crippen LogP contribution >= 0.6 is 0 Å². The molecular weight excluding hydrogens is 789 g/mol. The third-order valence-electron chi connectivity index (χ3n) is 12.4. The Morgan fingerprint density at radius 3 is 1.95 bits per heavy atom. The number of ether oxygens (including phenoxy) is 2. The highest BCUT2D eigenvalue weighted by atomic mass is 19.4. The van der Waals surface area contributed by atoms with E-state index in [2.05, 4.69) is 69.9 Å². The third kappa shape index (κ3) is 5.86. The molecule has 0 aromatic heterocycles. The van der Waals surface area contributed by atoms with E-state index in [1.807, 2.05) is 18.2 Å². The summed E-state index contributed by atoms with van der Waals surface area (Å²) in [4.78, 5) is 16.1. The molecule has 4 nitrogen and oxygen atoms in total. The molecule has 0 fully saturated rings. The average Bonchev–Trinajstić information content (AvgIpc) is 3.65. The lowest BCUT2D eigenvalue weighted by atomic mass is 9.75. The Morgan fingerprint density at radius 2 is 1.26 bits per heavy atom. The number of esters is 1. The summed E-state index contributed by atoms with van der Waals surface area (Å²) in [7, 11) is 0. The molecule has 3 aliphatic rings. The van der Waals surface area contributed by atoms with Gasteiger partial charge < -0.3 is 14.4 Å². The standard InChI is InChI=1S/C51H37F6NO3/c1-27-18-28(2)45(29(3)19-27)30-14-17-43-41(22-30)48(4,5)26-58(43)34-15-16-40-44(24-34)60-46-36-11-7-6-10-35(36)38(31-20-32(50(52,53)54)23-33(21-31)51(55,56)57)25-42(46)49(40)39-13-9-8-12-37(39)47(59)61-49/h6-25H,26H2,1-5H3. The van der Waals surface area contributed by atoms with Crippen LogP contribution in [0.4, 0.5) is 37.7 Å². The van der Waals surface area contributed by atoms with E-state index in [0.29, 0.717) is 34.2 Å². The molecule has 0 radical (unpaired) electrons. The first-order chi connectivity index (χ1) is 28.8. The fourth-order valence-corrected chi connectivity index (χ4v) is 9.90. The lowest BCUT2D eigenvalue weighted by molar-refractivity contribution is -0.143. The number of anilines is 2. The molecule has 7 aromatic carbocycles. The zero-order chi connectivity index (χ0) is 43.0. The lowest BCUT2D eigenvalue weighted by Crippen LogP contribution is -2.33. The number of hydrogen-bond donors (Lipinski definition) is 0. The number of halogens is 6. The molecule has 0 bridgehead atoms. The van der Waals surface area contributed by atoms with Crippen LogP contribution in [0, 0.1) is 20.8 Å². The van der Waals surface area contributed by atoms with Gasteiger partial charge in [-0.1, -0.05) is 80.1 Å². The van der Waals surface area contributed by atoms with Crippen LogP contribution in [0.5, 0.6) is 11.5 Å². The maximum atomic E-state index is 14.2. The van der Waals surface area contributed by atoms with Crippen LogP contribution in [0.25, 0.3) is 33.0 Å². The maximum absolute atomic E-state index is 14.2. The summed E-state index contributed by atoms with van der Waals surface area (Å²) in [6, 6.07) is 33.3. The monoisotopic (exact) mass is 825 g/mol. The summed E-state index contributed by atoms with van der Waals surface area (Å²) in [6.07, 6.45) is -10.1. The number of fused-ring (bicyclic) bond motifs is 9. The van der Waals surface area contributed by atoms with Crippen molar-refractivity contribution in [1.82, 2.24) is 0 Å². The first-order valence-corrected chi connectivity index (χ1v) is 19.9. The molecule has 306 valence electrons. The second kappa shape index (κ2) is 13.0. The van der Waals surface area contributed by atoms with E-state index in [0.717, 1.165) is 29.1 Å².